The molecule has 228 valence electrons. The van der Waals surface area contributed by atoms with E-state index < -0.39 is 91.1 Å². The van der Waals surface area contributed by atoms with Crippen LogP contribution in [0.3, 0.4) is 0 Å². The lowest BCUT2D eigenvalue weighted by molar-refractivity contribution is -0.183. The fourth-order valence-electron chi connectivity index (χ4n) is 5.34. The van der Waals surface area contributed by atoms with Gasteiger partial charge >= 0.3 is 12.4 Å². The Balaban J connectivity index is 1.41. The molecule has 1 saturated carbocycles. The van der Waals surface area contributed by atoms with Crippen molar-refractivity contribution in [2.24, 2.45) is 17.8 Å². The second kappa shape index (κ2) is 10.8. The van der Waals surface area contributed by atoms with Crippen molar-refractivity contribution in [1.82, 2.24) is 35.5 Å². The van der Waals surface area contributed by atoms with Gasteiger partial charge in [0.1, 0.15) is 0 Å². The standard InChI is InChI=1S/C24H23F8N7O3/c25-22(26)5-3-11(4-6-22)17(35-21(41)18-19(24(30,31)32)38-42-37-18)15-10-39-16(34-15)2-1-14(36-39)8-12-7-13(23(27,28)29)9-33-20(12)40/h1-2,10-13,17H,3-9H2,(H,33,40)(H,35,41)/t12?,13-,17?/m1/s1. The number of halogens is 8. The monoisotopic (exact) mass is 609 g/mol. The van der Waals surface area contributed by atoms with E-state index in [0.29, 0.717) is 0 Å². The Bertz CT molecular complexity index is 1460. The third-order valence-corrected chi connectivity index (χ3v) is 7.59. The molecule has 10 nitrogen and oxygen atoms in total. The molecule has 2 N–H and O–H groups in total. The summed E-state index contributed by atoms with van der Waals surface area (Å²) in [6, 6.07) is 1.79. The number of rotatable bonds is 6. The SMILES string of the molecule is O=C(NC(c1cn2nc(CC3C[C@@H](C(F)(F)F)CNC3=O)ccc2n1)C1CCC(F)(F)CC1)c1nonc1C(F)(F)F. The van der Waals surface area contributed by atoms with E-state index in [1.165, 1.54) is 22.8 Å². The Kier molecular flexibility index (Phi) is 7.59. The van der Waals surface area contributed by atoms with Gasteiger partial charge in [-0.2, -0.15) is 31.4 Å². The summed E-state index contributed by atoms with van der Waals surface area (Å²) in [5, 5.41) is 14.8. The molecule has 2 amide bonds. The van der Waals surface area contributed by atoms with Crippen LogP contribution in [0, 0.1) is 17.8 Å². The first-order valence-electron chi connectivity index (χ1n) is 12.9. The highest BCUT2D eigenvalue weighted by Crippen LogP contribution is 2.42. The van der Waals surface area contributed by atoms with Crippen molar-refractivity contribution < 1.29 is 49.3 Å². The van der Waals surface area contributed by atoms with Crippen LogP contribution in [0.2, 0.25) is 0 Å². The van der Waals surface area contributed by atoms with Gasteiger partial charge in [-0.05, 0) is 47.6 Å². The zero-order valence-electron chi connectivity index (χ0n) is 21.5. The molecule has 3 aromatic heterocycles. The molecule has 3 aromatic rings. The molecule has 1 aliphatic heterocycles. The molecule has 1 saturated heterocycles. The topological polar surface area (TPSA) is 127 Å². The number of alkyl halides is 8. The van der Waals surface area contributed by atoms with Gasteiger partial charge in [0.15, 0.2) is 5.65 Å². The number of hydrogen-bond donors (Lipinski definition) is 2. The smallest absolute Gasteiger partial charge is 0.355 e. The third kappa shape index (κ3) is 6.30. The average molecular weight is 609 g/mol. The minimum atomic E-state index is -5.05. The average Bonchev–Trinajstić information content (AvgIpc) is 3.55. The summed E-state index contributed by atoms with van der Waals surface area (Å²) in [5.74, 6) is -8.11. The summed E-state index contributed by atoms with van der Waals surface area (Å²) in [5.41, 5.74) is -2.23. The summed E-state index contributed by atoms with van der Waals surface area (Å²) in [7, 11) is 0. The Morgan fingerprint density at radius 3 is 2.52 bits per heavy atom. The lowest BCUT2D eigenvalue weighted by Crippen LogP contribution is -2.47. The molecule has 18 heteroatoms. The number of nitrogens with zero attached hydrogens (tertiary/aromatic N) is 5. The van der Waals surface area contributed by atoms with Crippen molar-refractivity contribution >= 4 is 17.5 Å². The highest BCUT2D eigenvalue weighted by Gasteiger charge is 2.45. The minimum Gasteiger partial charge on any atom is -0.355 e. The molecule has 0 aromatic carbocycles. The summed E-state index contributed by atoms with van der Waals surface area (Å²) in [6.45, 7) is -0.509. The molecular formula is C24H23F8N7O3. The second-order valence-electron chi connectivity index (χ2n) is 10.5. The van der Waals surface area contributed by atoms with E-state index in [-0.39, 0.29) is 36.3 Å². The third-order valence-electron chi connectivity index (χ3n) is 7.59. The Hall–Kier alpha value is -3.86. The van der Waals surface area contributed by atoms with Crippen LogP contribution in [0.4, 0.5) is 35.1 Å². The van der Waals surface area contributed by atoms with E-state index in [1.54, 1.807) is 0 Å². The number of amides is 2. The Morgan fingerprint density at radius 2 is 1.86 bits per heavy atom. The molecule has 1 aliphatic carbocycles. The molecule has 4 heterocycles. The predicted molar refractivity (Wildman–Crippen MR) is 124 cm³/mol. The van der Waals surface area contributed by atoms with Gasteiger partial charge in [0.2, 0.25) is 23.2 Å². The molecule has 5 rings (SSSR count). The fourth-order valence-corrected chi connectivity index (χ4v) is 5.34. The van der Waals surface area contributed by atoms with Gasteiger partial charge in [0, 0.05) is 31.7 Å². The van der Waals surface area contributed by atoms with E-state index >= 15 is 0 Å². The molecule has 0 radical (unpaired) electrons. The van der Waals surface area contributed by atoms with Gasteiger partial charge in [0.25, 0.3) is 5.91 Å². The Labute approximate surface area is 231 Å². The van der Waals surface area contributed by atoms with E-state index in [2.05, 4.69) is 35.7 Å². The maximum absolute atomic E-state index is 13.9. The van der Waals surface area contributed by atoms with Crippen LogP contribution in [0.1, 0.15) is 65.7 Å². The molecule has 0 spiro atoms. The van der Waals surface area contributed by atoms with Crippen molar-refractivity contribution in [3.8, 4) is 0 Å². The van der Waals surface area contributed by atoms with Crippen LogP contribution in [-0.2, 0) is 17.4 Å². The minimum absolute atomic E-state index is 0.0785. The highest BCUT2D eigenvalue weighted by molar-refractivity contribution is 5.93. The maximum Gasteiger partial charge on any atom is 0.439 e. The van der Waals surface area contributed by atoms with Crippen molar-refractivity contribution in [2.75, 3.05) is 6.54 Å². The van der Waals surface area contributed by atoms with Gasteiger partial charge in [-0.1, -0.05) is 0 Å². The lowest BCUT2D eigenvalue weighted by atomic mass is 9.81. The molecular weight excluding hydrogens is 586 g/mol. The van der Waals surface area contributed by atoms with Crippen LogP contribution in [0.5, 0.6) is 0 Å². The molecule has 2 fully saturated rings. The normalized spacial score (nSPS) is 22.6. The van der Waals surface area contributed by atoms with E-state index in [9.17, 15) is 44.7 Å². The maximum atomic E-state index is 13.9. The van der Waals surface area contributed by atoms with E-state index in [4.69, 9.17) is 0 Å². The Morgan fingerprint density at radius 1 is 1.14 bits per heavy atom. The number of piperidine rings is 1. The zero-order valence-corrected chi connectivity index (χ0v) is 21.5. The molecule has 42 heavy (non-hydrogen) atoms. The highest BCUT2D eigenvalue weighted by atomic mass is 19.4. The zero-order chi connectivity index (χ0) is 30.4. The van der Waals surface area contributed by atoms with Gasteiger partial charge in [-0.3, -0.25) is 9.59 Å². The molecule has 0 bridgehead atoms. The van der Waals surface area contributed by atoms with Gasteiger partial charge in [-0.25, -0.2) is 22.9 Å². The van der Waals surface area contributed by atoms with Crippen LogP contribution < -0.4 is 10.6 Å². The first kappa shape index (κ1) is 29.6. The van der Waals surface area contributed by atoms with Gasteiger partial charge in [0.05, 0.1) is 29.5 Å². The predicted octanol–water partition coefficient (Wildman–Crippen LogP) is 4.28. The number of imidazole rings is 1. The number of fused-ring (bicyclic) bond motifs is 1. The summed E-state index contributed by atoms with van der Waals surface area (Å²) < 4.78 is 112. The van der Waals surface area contributed by atoms with Crippen molar-refractivity contribution in [3.05, 3.63) is 41.1 Å². The summed E-state index contributed by atoms with van der Waals surface area (Å²) in [6.07, 6.45) is -9.90. The van der Waals surface area contributed by atoms with Gasteiger partial charge < -0.3 is 10.6 Å². The van der Waals surface area contributed by atoms with Crippen LogP contribution in [-0.4, -0.2) is 55.4 Å². The van der Waals surface area contributed by atoms with E-state index in [0.717, 1.165) is 0 Å². The van der Waals surface area contributed by atoms with Crippen LogP contribution >= 0.6 is 0 Å². The molecule has 2 unspecified atom stereocenters. The first-order valence-corrected chi connectivity index (χ1v) is 12.9. The lowest BCUT2D eigenvalue weighted by Gasteiger charge is -2.33. The van der Waals surface area contributed by atoms with Gasteiger partial charge in [-0.15, -0.1) is 0 Å². The number of carbonyl (C=O) groups excluding carboxylic acids is 2. The molecule has 3 atom stereocenters. The first-order chi connectivity index (χ1) is 19.6. The van der Waals surface area contributed by atoms with Crippen molar-refractivity contribution in [2.45, 2.75) is 62.8 Å². The second-order valence-corrected chi connectivity index (χ2v) is 10.5. The number of hydrogen-bond acceptors (Lipinski definition) is 7. The van der Waals surface area contributed by atoms with Crippen molar-refractivity contribution in [1.29, 1.82) is 0 Å². The van der Waals surface area contributed by atoms with Crippen LogP contribution in [0.15, 0.2) is 23.0 Å². The molecule has 2 aliphatic rings. The van der Waals surface area contributed by atoms with Crippen molar-refractivity contribution in [3.63, 3.8) is 0 Å². The number of carbonyl (C=O) groups is 2. The largest absolute Gasteiger partial charge is 0.439 e. The number of nitrogens with one attached hydrogen (secondary N) is 2. The fraction of sp³-hybridized carbons (Fsp3) is 0.583. The number of aromatic nitrogens is 5. The summed E-state index contributed by atoms with van der Waals surface area (Å²) in [4.78, 5) is 29.5. The van der Waals surface area contributed by atoms with Crippen LogP contribution in [0.25, 0.3) is 5.65 Å². The van der Waals surface area contributed by atoms with E-state index in [1.807, 2.05) is 0 Å². The quantitative estimate of drug-likeness (QED) is 0.400. The summed E-state index contributed by atoms with van der Waals surface area (Å²) >= 11 is 0.